The van der Waals surface area contributed by atoms with Crippen LogP contribution in [-0.4, -0.2) is 37.9 Å². The molecule has 3 rings (SSSR count). The van der Waals surface area contributed by atoms with Gasteiger partial charge < -0.3 is 24.1 Å². The molecule has 0 aliphatic carbocycles. The highest BCUT2D eigenvalue weighted by molar-refractivity contribution is 5.94. The Labute approximate surface area is 181 Å². The second-order valence-corrected chi connectivity index (χ2v) is 8.33. The summed E-state index contributed by atoms with van der Waals surface area (Å²) in [6.07, 6.45) is 1.42. The van der Waals surface area contributed by atoms with E-state index in [0.29, 0.717) is 42.3 Å². The molecule has 0 radical (unpaired) electrons. The molecule has 0 saturated carbocycles. The molecule has 0 fully saturated rings. The first-order valence-corrected chi connectivity index (χ1v) is 10.2. The molecule has 31 heavy (non-hydrogen) atoms. The summed E-state index contributed by atoms with van der Waals surface area (Å²) >= 11 is 0. The van der Waals surface area contributed by atoms with Gasteiger partial charge in [0.25, 0.3) is 0 Å². The maximum absolute atomic E-state index is 11.8. The van der Waals surface area contributed by atoms with Crippen LogP contribution in [0.1, 0.15) is 49.0 Å². The van der Waals surface area contributed by atoms with Crippen LogP contribution in [0.2, 0.25) is 0 Å². The van der Waals surface area contributed by atoms with Crippen molar-refractivity contribution in [2.45, 2.75) is 39.7 Å². The molecule has 7 nitrogen and oxygen atoms in total. The number of benzene rings is 2. The first-order chi connectivity index (χ1) is 14.8. The number of hydrogen-bond donors (Lipinski definition) is 1. The molecule has 1 aliphatic rings. The summed E-state index contributed by atoms with van der Waals surface area (Å²) in [6.45, 7) is 4.71. The average Bonchev–Trinajstić information content (AvgIpc) is 3.11. The Morgan fingerprint density at radius 2 is 1.84 bits per heavy atom. The zero-order chi connectivity index (χ0) is 22.6. The van der Waals surface area contributed by atoms with Crippen LogP contribution in [0, 0.1) is 5.41 Å². The molecule has 2 aromatic rings. The minimum atomic E-state index is -0.799. The molecule has 0 unspecified atom stereocenters. The highest BCUT2D eigenvalue weighted by Crippen LogP contribution is 2.45. The smallest absolute Gasteiger partial charge is 0.338 e. The number of hydrogen-bond acceptors (Lipinski definition) is 6. The second kappa shape index (κ2) is 9.29. The summed E-state index contributed by atoms with van der Waals surface area (Å²) < 4.78 is 22.4. The van der Waals surface area contributed by atoms with Crippen molar-refractivity contribution >= 4 is 11.9 Å². The number of fused-ring (bicyclic) bond motifs is 1. The number of carboxylic acid groups (broad SMARTS) is 1. The van der Waals surface area contributed by atoms with E-state index in [0.717, 1.165) is 16.7 Å². The van der Waals surface area contributed by atoms with Gasteiger partial charge in [0.15, 0.2) is 11.5 Å². The Morgan fingerprint density at radius 1 is 1.10 bits per heavy atom. The highest BCUT2D eigenvalue weighted by atomic mass is 16.5. The van der Waals surface area contributed by atoms with Crippen LogP contribution < -0.4 is 14.2 Å². The van der Waals surface area contributed by atoms with E-state index < -0.39 is 5.97 Å². The van der Waals surface area contributed by atoms with Gasteiger partial charge in [0.05, 0.1) is 26.4 Å². The van der Waals surface area contributed by atoms with E-state index in [4.69, 9.17) is 24.1 Å². The van der Waals surface area contributed by atoms with Crippen LogP contribution in [0.15, 0.2) is 30.3 Å². The molecule has 0 aromatic heterocycles. The molecule has 0 spiro atoms. The van der Waals surface area contributed by atoms with Gasteiger partial charge in [-0.3, -0.25) is 4.79 Å². The molecular formula is C24H28O7. The maximum atomic E-state index is 11.8. The lowest BCUT2D eigenvalue weighted by molar-refractivity contribution is -0.137. The number of carboxylic acids is 1. The second-order valence-electron chi connectivity index (χ2n) is 8.33. The molecule has 7 heteroatoms. The van der Waals surface area contributed by atoms with Gasteiger partial charge in [0.2, 0.25) is 5.75 Å². The van der Waals surface area contributed by atoms with Crippen molar-refractivity contribution in [1.82, 2.24) is 0 Å². The quantitative estimate of drug-likeness (QED) is 0.548. The fourth-order valence-corrected chi connectivity index (χ4v) is 3.63. The van der Waals surface area contributed by atoms with Gasteiger partial charge in [-0.05, 0) is 48.1 Å². The van der Waals surface area contributed by atoms with Crippen molar-refractivity contribution in [3.8, 4) is 28.4 Å². The standard InChI is InChI=1S/C24H28O7/c1-24(2,11-5-6-20(25)26)14-31-21-17(9-10-19(28-3)22(21)29-4)15-7-8-18-16(12-15)13-30-23(18)27/h7-10,12H,5-6,11,13-14H2,1-4H3,(H,25,26). The summed E-state index contributed by atoms with van der Waals surface area (Å²) in [7, 11) is 3.12. The van der Waals surface area contributed by atoms with E-state index in [1.54, 1.807) is 20.3 Å². The molecular weight excluding hydrogens is 400 g/mol. The number of carbonyl (C=O) groups excluding carboxylic acids is 1. The van der Waals surface area contributed by atoms with Crippen molar-refractivity contribution in [2.75, 3.05) is 20.8 Å². The van der Waals surface area contributed by atoms with Crippen molar-refractivity contribution in [3.63, 3.8) is 0 Å². The minimum Gasteiger partial charge on any atom is -0.493 e. The highest BCUT2D eigenvalue weighted by Gasteiger charge is 2.25. The van der Waals surface area contributed by atoms with E-state index in [-0.39, 0.29) is 24.4 Å². The normalized spacial score (nSPS) is 12.8. The number of cyclic esters (lactones) is 1. The van der Waals surface area contributed by atoms with Gasteiger partial charge in [-0.1, -0.05) is 19.9 Å². The van der Waals surface area contributed by atoms with E-state index >= 15 is 0 Å². The summed E-state index contributed by atoms with van der Waals surface area (Å²) in [5.74, 6) is 0.457. The predicted molar refractivity (Wildman–Crippen MR) is 115 cm³/mol. The van der Waals surface area contributed by atoms with Crippen molar-refractivity contribution in [2.24, 2.45) is 5.41 Å². The van der Waals surface area contributed by atoms with Gasteiger partial charge in [0, 0.05) is 17.5 Å². The van der Waals surface area contributed by atoms with Gasteiger partial charge in [-0.15, -0.1) is 0 Å². The fraction of sp³-hybridized carbons (Fsp3) is 0.417. The Hall–Kier alpha value is -3.22. The molecule has 1 aliphatic heterocycles. The molecule has 166 valence electrons. The van der Waals surface area contributed by atoms with Crippen LogP contribution >= 0.6 is 0 Å². The number of ether oxygens (including phenoxy) is 4. The summed E-state index contributed by atoms with van der Waals surface area (Å²) in [4.78, 5) is 22.6. The zero-order valence-electron chi connectivity index (χ0n) is 18.3. The van der Waals surface area contributed by atoms with Crippen molar-refractivity contribution < 1.29 is 33.6 Å². The Balaban J connectivity index is 1.92. The van der Waals surface area contributed by atoms with E-state index in [1.165, 1.54) is 0 Å². The van der Waals surface area contributed by atoms with Crippen LogP contribution in [-0.2, 0) is 16.1 Å². The molecule has 1 heterocycles. The fourth-order valence-electron chi connectivity index (χ4n) is 3.63. The Morgan fingerprint density at radius 3 is 2.52 bits per heavy atom. The molecule has 0 saturated heterocycles. The van der Waals surface area contributed by atoms with Crippen molar-refractivity contribution in [3.05, 3.63) is 41.5 Å². The van der Waals surface area contributed by atoms with Gasteiger partial charge in [-0.2, -0.15) is 0 Å². The Bertz CT molecular complexity index is 978. The predicted octanol–water partition coefficient (Wildman–Crippen LogP) is 4.70. The number of aliphatic carboxylic acids is 1. The maximum Gasteiger partial charge on any atom is 0.338 e. The molecule has 0 atom stereocenters. The topological polar surface area (TPSA) is 91.3 Å². The summed E-state index contributed by atoms with van der Waals surface area (Å²) in [6, 6.07) is 9.25. The molecule has 2 aromatic carbocycles. The third-order valence-corrected chi connectivity index (χ3v) is 5.35. The molecule has 1 N–H and O–H groups in total. The van der Waals surface area contributed by atoms with Crippen molar-refractivity contribution in [1.29, 1.82) is 0 Å². The first kappa shape index (κ1) is 22.5. The molecule has 0 amide bonds. The van der Waals surface area contributed by atoms with Crippen LogP contribution in [0.3, 0.4) is 0 Å². The van der Waals surface area contributed by atoms with Gasteiger partial charge in [0.1, 0.15) is 6.61 Å². The number of esters is 1. The van der Waals surface area contributed by atoms with Crippen LogP contribution in [0.25, 0.3) is 11.1 Å². The van der Waals surface area contributed by atoms with E-state index in [1.807, 2.05) is 38.1 Å². The van der Waals surface area contributed by atoms with E-state index in [9.17, 15) is 9.59 Å². The molecule has 0 bridgehead atoms. The van der Waals surface area contributed by atoms with E-state index in [2.05, 4.69) is 0 Å². The summed E-state index contributed by atoms with van der Waals surface area (Å²) in [5, 5.41) is 8.90. The van der Waals surface area contributed by atoms with Gasteiger partial charge >= 0.3 is 11.9 Å². The third kappa shape index (κ3) is 5.10. The number of methoxy groups -OCH3 is 2. The number of rotatable bonds is 10. The van der Waals surface area contributed by atoms with Gasteiger partial charge in [-0.25, -0.2) is 4.79 Å². The minimum absolute atomic E-state index is 0.132. The first-order valence-electron chi connectivity index (χ1n) is 10.2. The third-order valence-electron chi connectivity index (χ3n) is 5.35. The largest absolute Gasteiger partial charge is 0.493 e. The lowest BCUT2D eigenvalue weighted by Crippen LogP contribution is -2.22. The monoisotopic (exact) mass is 428 g/mol. The Kier molecular flexibility index (Phi) is 6.73. The lowest BCUT2D eigenvalue weighted by atomic mass is 9.88. The van der Waals surface area contributed by atoms with Crippen LogP contribution in [0.4, 0.5) is 0 Å². The lowest BCUT2D eigenvalue weighted by Gasteiger charge is -2.26. The van der Waals surface area contributed by atoms with Crippen LogP contribution in [0.5, 0.6) is 17.2 Å². The SMILES string of the molecule is COc1ccc(-c2ccc3c(c2)COC3=O)c(OCC(C)(C)CCCC(=O)O)c1OC. The zero-order valence-corrected chi connectivity index (χ0v) is 18.3. The summed E-state index contributed by atoms with van der Waals surface area (Å²) in [5.41, 5.74) is 2.85. The average molecular weight is 428 g/mol. The number of carbonyl (C=O) groups is 2.